The molecule has 4 aromatic rings. The first-order valence-corrected chi connectivity index (χ1v) is 9.24. The van der Waals surface area contributed by atoms with Gasteiger partial charge in [-0.25, -0.2) is 4.39 Å². The number of amides is 1. The first-order chi connectivity index (χ1) is 14.5. The molecule has 0 saturated carbocycles. The molecule has 0 aliphatic carbocycles. The van der Waals surface area contributed by atoms with Crippen molar-refractivity contribution in [3.63, 3.8) is 0 Å². The fourth-order valence-electron chi connectivity index (χ4n) is 2.82. The lowest BCUT2D eigenvalue weighted by Crippen LogP contribution is -2.13. The zero-order valence-electron chi connectivity index (χ0n) is 16.3. The van der Waals surface area contributed by atoms with Crippen LogP contribution < -0.4 is 5.32 Å². The van der Waals surface area contributed by atoms with E-state index in [0.717, 1.165) is 11.1 Å². The maximum absolute atomic E-state index is 14.1. The number of nitrogens with one attached hydrogen (secondary N) is 1. The summed E-state index contributed by atoms with van der Waals surface area (Å²) in [5.41, 5.74) is 2.53. The van der Waals surface area contributed by atoms with Crippen LogP contribution in [0.25, 0.3) is 17.1 Å². The summed E-state index contributed by atoms with van der Waals surface area (Å²) in [6.45, 7) is 3.65. The van der Waals surface area contributed by atoms with Crippen LogP contribution in [0, 0.1) is 19.7 Å². The van der Waals surface area contributed by atoms with Gasteiger partial charge in [0.25, 0.3) is 0 Å². The van der Waals surface area contributed by atoms with Crippen LogP contribution >= 0.6 is 0 Å². The quantitative estimate of drug-likeness (QED) is 0.523. The number of carbonyl (C=O) groups excluding carboxylic acids is 1. The summed E-state index contributed by atoms with van der Waals surface area (Å²) in [6.07, 6.45) is 0.414. The number of carbonyl (C=O) groups is 1. The smallest absolute Gasteiger partial charge is 0.247 e. The van der Waals surface area contributed by atoms with Crippen molar-refractivity contribution in [2.45, 2.75) is 26.7 Å². The Bertz CT molecular complexity index is 1180. The molecule has 0 saturated heterocycles. The number of hydrogen-bond donors (Lipinski definition) is 1. The monoisotopic (exact) mass is 407 g/mol. The predicted octanol–water partition coefficient (Wildman–Crippen LogP) is 3.04. The van der Waals surface area contributed by atoms with Crippen LogP contribution in [-0.4, -0.2) is 36.3 Å². The van der Waals surface area contributed by atoms with Crippen molar-refractivity contribution < 1.29 is 13.6 Å². The molecule has 2 aromatic carbocycles. The molecule has 10 heteroatoms. The van der Waals surface area contributed by atoms with Gasteiger partial charge in [-0.15, -0.1) is 15.3 Å². The molecule has 0 bridgehead atoms. The highest BCUT2D eigenvalue weighted by Gasteiger charge is 2.13. The Balaban J connectivity index is 1.39. The molecule has 1 amide bonds. The largest absolute Gasteiger partial charge is 0.421 e. The lowest BCUT2D eigenvalue weighted by atomic mass is 10.1. The summed E-state index contributed by atoms with van der Waals surface area (Å²) >= 11 is 0. The second-order valence-electron chi connectivity index (χ2n) is 6.72. The minimum absolute atomic E-state index is 0.131. The van der Waals surface area contributed by atoms with Gasteiger partial charge in [0, 0.05) is 24.1 Å². The van der Waals surface area contributed by atoms with E-state index in [2.05, 4.69) is 31.0 Å². The summed E-state index contributed by atoms with van der Waals surface area (Å²) in [5.74, 6) is 0.433. The Labute approximate surface area is 170 Å². The molecule has 0 radical (unpaired) electrons. The number of hydrogen-bond acceptors (Lipinski definition) is 7. The van der Waals surface area contributed by atoms with E-state index in [1.807, 2.05) is 31.2 Å². The lowest BCUT2D eigenvalue weighted by Gasteiger charge is -2.08. The lowest BCUT2D eigenvalue weighted by molar-refractivity contribution is -0.116. The van der Waals surface area contributed by atoms with Crippen LogP contribution in [0.15, 0.2) is 46.9 Å². The van der Waals surface area contributed by atoms with E-state index in [4.69, 9.17) is 4.42 Å². The normalized spacial score (nSPS) is 10.9. The van der Waals surface area contributed by atoms with Gasteiger partial charge in [0.1, 0.15) is 11.5 Å². The van der Waals surface area contributed by atoms with E-state index in [1.54, 1.807) is 6.92 Å². The number of benzene rings is 2. The van der Waals surface area contributed by atoms with Crippen LogP contribution in [0.2, 0.25) is 0 Å². The van der Waals surface area contributed by atoms with Gasteiger partial charge < -0.3 is 9.73 Å². The van der Waals surface area contributed by atoms with Crippen molar-refractivity contribution in [1.82, 2.24) is 30.4 Å². The highest BCUT2D eigenvalue weighted by Crippen LogP contribution is 2.20. The number of rotatable bonds is 6. The van der Waals surface area contributed by atoms with Crippen molar-refractivity contribution in [2.75, 3.05) is 5.32 Å². The molecule has 30 heavy (non-hydrogen) atoms. The number of halogens is 1. The van der Waals surface area contributed by atoms with Crippen molar-refractivity contribution in [3.8, 4) is 17.1 Å². The maximum Gasteiger partial charge on any atom is 0.247 e. The molecule has 2 aromatic heterocycles. The van der Waals surface area contributed by atoms with Crippen molar-refractivity contribution >= 4 is 11.6 Å². The van der Waals surface area contributed by atoms with Crippen LogP contribution in [-0.2, 0) is 11.2 Å². The molecule has 152 valence electrons. The molecule has 4 rings (SSSR count). The average molecular weight is 407 g/mol. The maximum atomic E-state index is 14.1. The molecule has 0 fully saturated rings. The molecular weight excluding hydrogens is 389 g/mol. The molecule has 0 unspecified atom stereocenters. The van der Waals surface area contributed by atoms with Crippen LogP contribution in [0.3, 0.4) is 0 Å². The van der Waals surface area contributed by atoms with E-state index in [1.165, 1.54) is 22.9 Å². The number of tetrazole rings is 1. The molecule has 0 aliphatic rings. The van der Waals surface area contributed by atoms with E-state index in [-0.39, 0.29) is 24.4 Å². The highest BCUT2D eigenvalue weighted by atomic mass is 19.1. The Kier molecular flexibility index (Phi) is 5.29. The summed E-state index contributed by atoms with van der Waals surface area (Å²) in [4.78, 5) is 12.3. The average Bonchev–Trinajstić information content (AvgIpc) is 3.38. The Morgan fingerprint density at radius 3 is 2.63 bits per heavy atom. The van der Waals surface area contributed by atoms with E-state index >= 15 is 0 Å². The second-order valence-corrected chi connectivity index (χ2v) is 6.72. The second kappa shape index (κ2) is 8.19. The summed E-state index contributed by atoms with van der Waals surface area (Å²) in [6, 6.07) is 11.9. The highest BCUT2D eigenvalue weighted by molar-refractivity contribution is 5.91. The molecule has 9 nitrogen and oxygen atoms in total. The van der Waals surface area contributed by atoms with Gasteiger partial charge in [0.2, 0.25) is 17.7 Å². The SMILES string of the molecule is Cc1ccc(-c2nnc(CCC(=O)Nc3ccc(F)c(-n4nnnc4C)c3)o2)cc1. The molecule has 1 N–H and O–H groups in total. The van der Waals surface area contributed by atoms with Crippen LogP contribution in [0.4, 0.5) is 10.1 Å². The molecular formula is C20H18FN7O2. The van der Waals surface area contributed by atoms with Gasteiger partial charge in [0.05, 0.1) is 0 Å². The predicted molar refractivity (Wildman–Crippen MR) is 105 cm³/mol. The summed E-state index contributed by atoms with van der Waals surface area (Å²) < 4.78 is 21.0. The van der Waals surface area contributed by atoms with Crippen LogP contribution in [0.1, 0.15) is 23.7 Å². The number of aromatic nitrogens is 6. The first kappa shape index (κ1) is 19.4. The van der Waals surface area contributed by atoms with Gasteiger partial charge in [-0.2, -0.15) is 4.68 Å². The van der Waals surface area contributed by atoms with Gasteiger partial charge in [-0.3, -0.25) is 4.79 Å². The standard InChI is InChI=1S/C20H18FN7O2/c1-12-3-5-14(6-4-12)20-25-24-19(30-20)10-9-18(29)22-15-7-8-16(21)17(11-15)28-13(2)23-26-27-28/h3-8,11H,9-10H2,1-2H3,(H,22,29). The Morgan fingerprint density at radius 1 is 1.10 bits per heavy atom. The van der Waals surface area contributed by atoms with E-state index < -0.39 is 5.82 Å². The van der Waals surface area contributed by atoms with Crippen molar-refractivity contribution in [3.05, 3.63) is 65.6 Å². The molecule has 0 atom stereocenters. The fraction of sp³-hybridized carbons (Fsp3) is 0.200. The van der Waals surface area contributed by atoms with Gasteiger partial charge in [-0.05, 0) is 54.6 Å². The third-order valence-electron chi connectivity index (χ3n) is 4.41. The minimum Gasteiger partial charge on any atom is -0.421 e. The zero-order valence-corrected chi connectivity index (χ0v) is 16.3. The van der Waals surface area contributed by atoms with E-state index in [9.17, 15) is 9.18 Å². The Hall–Kier alpha value is -3.95. The van der Waals surface area contributed by atoms with Gasteiger partial charge in [0.15, 0.2) is 5.82 Å². The van der Waals surface area contributed by atoms with Gasteiger partial charge >= 0.3 is 0 Å². The number of nitrogens with zero attached hydrogens (tertiary/aromatic N) is 6. The Morgan fingerprint density at radius 2 is 1.90 bits per heavy atom. The van der Waals surface area contributed by atoms with Crippen LogP contribution in [0.5, 0.6) is 0 Å². The van der Waals surface area contributed by atoms with E-state index in [0.29, 0.717) is 23.3 Å². The molecule has 0 spiro atoms. The third-order valence-corrected chi connectivity index (χ3v) is 4.41. The first-order valence-electron chi connectivity index (χ1n) is 9.24. The topological polar surface area (TPSA) is 112 Å². The number of anilines is 1. The number of aryl methyl sites for hydroxylation is 3. The van der Waals surface area contributed by atoms with Crippen molar-refractivity contribution in [2.24, 2.45) is 0 Å². The minimum atomic E-state index is -0.502. The zero-order chi connectivity index (χ0) is 21.1. The van der Waals surface area contributed by atoms with Crippen molar-refractivity contribution in [1.29, 1.82) is 0 Å². The third kappa shape index (κ3) is 4.22. The fourth-order valence-corrected chi connectivity index (χ4v) is 2.82. The summed E-state index contributed by atoms with van der Waals surface area (Å²) in [7, 11) is 0. The molecule has 2 heterocycles. The van der Waals surface area contributed by atoms with Gasteiger partial charge in [-0.1, -0.05) is 17.7 Å². The summed E-state index contributed by atoms with van der Waals surface area (Å²) in [5, 5.41) is 21.7. The molecule has 0 aliphatic heterocycles.